The van der Waals surface area contributed by atoms with Gasteiger partial charge < -0.3 is 9.72 Å². The molecular formula is C19H18Cl2N4O2S. The topological polar surface area (TPSA) is 79.4 Å². The molecule has 1 aromatic heterocycles. The van der Waals surface area contributed by atoms with Crippen LogP contribution in [-0.2, 0) is 4.79 Å². The van der Waals surface area contributed by atoms with Crippen molar-refractivity contribution in [1.29, 1.82) is 0 Å². The van der Waals surface area contributed by atoms with Gasteiger partial charge in [-0.3, -0.25) is 4.79 Å². The summed E-state index contributed by atoms with van der Waals surface area (Å²) in [6, 6.07) is 11.0. The van der Waals surface area contributed by atoms with E-state index < -0.39 is 0 Å². The van der Waals surface area contributed by atoms with Crippen molar-refractivity contribution >= 4 is 58.1 Å². The van der Waals surface area contributed by atoms with Gasteiger partial charge in [-0.25, -0.2) is 10.4 Å². The summed E-state index contributed by atoms with van der Waals surface area (Å²) in [7, 11) is 0. The van der Waals surface area contributed by atoms with Crippen LogP contribution in [0, 0.1) is 0 Å². The fourth-order valence-corrected chi connectivity index (χ4v) is 3.63. The van der Waals surface area contributed by atoms with E-state index in [4.69, 9.17) is 27.9 Å². The zero-order chi connectivity index (χ0) is 19.9. The highest BCUT2D eigenvalue weighted by molar-refractivity contribution is 7.99. The number of nitrogens with one attached hydrogen (secondary N) is 2. The van der Waals surface area contributed by atoms with Crippen LogP contribution >= 0.6 is 35.0 Å². The number of aromatic nitrogens is 2. The monoisotopic (exact) mass is 436 g/mol. The number of hydrazone groups is 1. The second kappa shape index (κ2) is 9.82. The minimum absolute atomic E-state index is 0.183. The summed E-state index contributed by atoms with van der Waals surface area (Å²) in [6.07, 6.45) is 2.33. The summed E-state index contributed by atoms with van der Waals surface area (Å²) in [5, 5.41) is 5.42. The van der Waals surface area contributed by atoms with Gasteiger partial charge in [0, 0.05) is 0 Å². The van der Waals surface area contributed by atoms with Gasteiger partial charge in [0.05, 0.1) is 39.7 Å². The molecule has 3 rings (SSSR count). The maximum absolute atomic E-state index is 12.0. The van der Waals surface area contributed by atoms with Crippen molar-refractivity contribution in [3.63, 3.8) is 0 Å². The number of halogens is 2. The van der Waals surface area contributed by atoms with Crippen LogP contribution in [0.3, 0.4) is 0 Å². The third kappa shape index (κ3) is 5.41. The molecule has 2 aromatic carbocycles. The SMILES string of the molecule is CCCOc1c(Cl)cc(/C=N\NC(=O)CSc2nc3ccccc3[nH]2)cc1Cl. The number of amides is 1. The molecule has 0 aliphatic heterocycles. The van der Waals surface area contributed by atoms with E-state index in [1.54, 1.807) is 12.1 Å². The minimum Gasteiger partial charge on any atom is -0.490 e. The van der Waals surface area contributed by atoms with E-state index in [1.165, 1.54) is 18.0 Å². The number of nitrogens with zero attached hydrogens (tertiary/aromatic N) is 2. The van der Waals surface area contributed by atoms with Gasteiger partial charge in [-0.2, -0.15) is 5.10 Å². The van der Waals surface area contributed by atoms with Gasteiger partial charge in [-0.1, -0.05) is 54.0 Å². The zero-order valence-electron chi connectivity index (χ0n) is 15.0. The number of hydrogen-bond donors (Lipinski definition) is 2. The standard InChI is InChI=1S/C19H18Cl2N4O2S/c1-2-7-27-18-13(20)8-12(9-14(18)21)10-22-25-17(26)11-28-19-23-15-5-3-4-6-16(15)24-19/h3-6,8-10H,2,7,11H2,1H3,(H,23,24)(H,25,26)/b22-10-. The molecular weight excluding hydrogens is 419 g/mol. The van der Waals surface area contributed by atoms with Crippen LogP contribution in [0.4, 0.5) is 0 Å². The molecule has 0 bridgehead atoms. The fraction of sp³-hybridized carbons (Fsp3) is 0.211. The molecule has 146 valence electrons. The number of fused-ring (bicyclic) bond motifs is 1. The summed E-state index contributed by atoms with van der Waals surface area (Å²) >= 11 is 13.7. The highest BCUT2D eigenvalue weighted by atomic mass is 35.5. The number of carbonyl (C=O) groups excluding carboxylic acids is 1. The lowest BCUT2D eigenvalue weighted by Gasteiger charge is -2.09. The summed E-state index contributed by atoms with van der Waals surface area (Å²) in [6.45, 7) is 2.53. The second-order valence-electron chi connectivity index (χ2n) is 5.80. The molecule has 6 nitrogen and oxygen atoms in total. The van der Waals surface area contributed by atoms with Crippen LogP contribution in [0.1, 0.15) is 18.9 Å². The maximum atomic E-state index is 12.0. The first-order valence-electron chi connectivity index (χ1n) is 8.58. The number of thioether (sulfide) groups is 1. The van der Waals surface area contributed by atoms with Crippen LogP contribution in [0.5, 0.6) is 5.75 Å². The van der Waals surface area contributed by atoms with Crippen LogP contribution in [0.15, 0.2) is 46.7 Å². The van der Waals surface area contributed by atoms with Crippen molar-refractivity contribution in [2.45, 2.75) is 18.5 Å². The molecule has 0 saturated carbocycles. The molecule has 0 saturated heterocycles. The Hall–Kier alpha value is -2.22. The first-order valence-corrected chi connectivity index (χ1v) is 10.3. The summed E-state index contributed by atoms with van der Waals surface area (Å²) in [4.78, 5) is 19.5. The number of carbonyl (C=O) groups is 1. The molecule has 0 spiro atoms. The van der Waals surface area contributed by atoms with Gasteiger partial charge in [0.2, 0.25) is 0 Å². The van der Waals surface area contributed by atoms with Gasteiger partial charge >= 0.3 is 0 Å². The van der Waals surface area contributed by atoms with Crippen molar-refractivity contribution in [2.75, 3.05) is 12.4 Å². The zero-order valence-corrected chi connectivity index (χ0v) is 17.4. The fourth-order valence-electron chi connectivity index (χ4n) is 2.34. The predicted molar refractivity (Wildman–Crippen MR) is 115 cm³/mol. The Labute approximate surface area is 176 Å². The maximum Gasteiger partial charge on any atom is 0.250 e. The van der Waals surface area contributed by atoms with Crippen molar-refractivity contribution in [3.8, 4) is 5.75 Å². The normalized spacial score (nSPS) is 11.2. The number of H-pyrrole nitrogens is 1. The van der Waals surface area contributed by atoms with Gasteiger partial charge in [-0.05, 0) is 36.2 Å². The lowest BCUT2D eigenvalue weighted by atomic mass is 10.2. The van der Waals surface area contributed by atoms with Crippen LogP contribution in [0.25, 0.3) is 11.0 Å². The van der Waals surface area contributed by atoms with E-state index >= 15 is 0 Å². The highest BCUT2D eigenvalue weighted by Crippen LogP contribution is 2.33. The highest BCUT2D eigenvalue weighted by Gasteiger charge is 2.09. The van der Waals surface area contributed by atoms with E-state index in [0.29, 0.717) is 33.1 Å². The molecule has 0 radical (unpaired) electrons. The molecule has 0 aliphatic carbocycles. The Morgan fingerprint density at radius 1 is 1.32 bits per heavy atom. The van der Waals surface area contributed by atoms with Crippen LogP contribution in [-0.4, -0.2) is 34.4 Å². The lowest BCUT2D eigenvalue weighted by Crippen LogP contribution is -2.19. The third-order valence-corrected chi connectivity index (χ3v) is 5.02. The quantitative estimate of drug-likeness (QED) is 0.299. The molecule has 9 heteroatoms. The molecule has 1 heterocycles. The summed E-state index contributed by atoms with van der Waals surface area (Å²) in [5.74, 6) is 0.387. The Morgan fingerprint density at radius 3 is 2.79 bits per heavy atom. The third-order valence-electron chi connectivity index (χ3n) is 3.58. The molecule has 0 atom stereocenters. The molecule has 3 aromatic rings. The summed E-state index contributed by atoms with van der Waals surface area (Å²) < 4.78 is 5.52. The first-order chi connectivity index (χ1) is 13.6. The molecule has 1 amide bonds. The average molecular weight is 437 g/mol. The largest absolute Gasteiger partial charge is 0.490 e. The minimum atomic E-state index is -0.248. The van der Waals surface area contributed by atoms with Gasteiger partial charge in [0.1, 0.15) is 0 Å². The Kier molecular flexibility index (Phi) is 7.19. The number of imidazole rings is 1. The molecule has 0 unspecified atom stereocenters. The number of benzene rings is 2. The number of para-hydroxylation sites is 2. The number of aromatic amines is 1. The van der Waals surface area contributed by atoms with E-state index in [9.17, 15) is 4.79 Å². The Morgan fingerprint density at radius 2 is 2.07 bits per heavy atom. The molecule has 2 N–H and O–H groups in total. The van der Waals surface area contributed by atoms with Crippen molar-refractivity contribution in [2.24, 2.45) is 5.10 Å². The van der Waals surface area contributed by atoms with Gasteiger partial charge in [0.25, 0.3) is 5.91 Å². The van der Waals surface area contributed by atoms with Crippen molar-refractivity contribution in [1.82, 2.24) is 15.4 Å². The van der Waals surface area contributed by atoms with E-state index in [2.05, 4.69) is 20.5 Å². The molecule has 28 heavy (non-hydrogen) atoms. The van der Waals surface area contributed by atoms with Crippen molar-refractivity contribution < 1.29 is 9.53 Å². The summed E-state index contributed by atoms with van der Waals surface area (Å²) in [5.41, 5.74) is 4.93. The van der Waals surface area contributed by atoms with E-state index in [-0.39, 0.29) is 11.7 Å². The van der Waals surface area contributed by atoms with Crippen molar-refractivity contribution in [3.05, 3.63) is 52.0 Å². The molecule has 0 fully saturated rings. The first kappa shape index (κ1) is 20.5. The average Bonchev–Trinajstić information content (AvgIpc) is 3.09. The predicted octanol–water partition coefficient (Wildman–Crippen LogP) is 4.90. The van der Waals surface area contributed by atoms with Crippen LogP contribution < -0.4 is 10.2 Å². The van der Waals surface area contributed by atoms with E-state index in [1.807, 2.05) is 31.2 Å². The Balaban J connectivity index is 1.53. The lowest BCUT2D eigenvalue weighted by molar-refractivity contribution is -0.118. The number of rotatable bonds is 8. The Bertz CT molecular complexity index is 951. The van der Waals surface area contributed by atoms with Gasteiger partial charge in [0.15, 0.2) is 10.9 Å². The number of hydrogen-bond acceptors (Lipinski definition) is 5. The molecule has 0 aliphatic rings. The van der Waals surface area contributed by atoms with Crippen LogP contribution in [0.2, 0.25) is 10.0 Å². The van der Waals surface area contributed by atoms with Gasteiger partial charge in [-0.15, -0.1) is 0 Å². The smallest absolute Gasteiger partial charge is 0.250 e. The van der Waals surface area contributed by atoms with E-state index in [0.717, 1.165) is 17.5 Å². The second-order valence-corrected chi connectivity index (χ2v) is 7.58. The number of ether oxygens (including phenoxy) is 1.